The van der Waals surface area contributed by atoms with E-state index in [1.165, 1.54) is 33.2 Å². The minimum absolute atomic E-state index is 0.476. The molecule has 3 aromatic carbocycles. The van der Waals surface area contributed by atoms with Crippen LogP contribution in [0.5, 0.6) is 0 Å². The van der Waals surface area contributed by atoms with Crippen molar-refractivity contribution in [2.45, 2.75) is 26.7 Å². The molecule has 7 aromatic rings. The standard InChI is InChI=1S/C34H28N4O2/c1-21-17-22(2)38(35-21)30-20-39-34-28(30)19-32(40-34)37(25-10-5-4-6-11-25)31-18-27-29(36(31)3)16-15-24-14-13-23-9-7-8-12-26(23)33(24)27/h4-12,15-20H,13-14H2,1-3H3. The molecule has 1 aliphatic carbocycles. The molecule has 8 rings (SSSR count). The second-order valence-electron chi connectivity index (χ2n) is 10.7. The molecule has 196 valence electrons. The van der Waals surface area contributed by atoms with Gasteiger partial charge in [0.25, 0.3) is 0 Å². The summed E-state index contributed by atoms with van der Waals surface area (Å²) in [6, 6.07) is 30.1. The van der Waals surface area contributed by atoms with Gasteiger partial charge >= 0.3 is 5.78 Å². The van der Waals surface area contributed by atoms with E-state index in [4.69, 9.17) is 8.83 Å². The Kier molecular flexibility index (Phi) is 4.89. The Balaban J connectivity index is 1.35. The van der Waals surface area contributed by atoms with Gasteiger partial charge in [-0.3, -0.25) is 4.90 Å². The van der Waals surface area contributed by atoms with Crippen molar-refractivity contribution in [3.63, 3.8) is 0 Å². The SMILES string of the molecule is Cc1cc(C)n(-c2coc3oc(N(c4ccccc4)c4cc5c6c(ccc5n4C)CCc4ccccc4-6)cc23)n1. The Morgan fingerprint density at radius 1 is 0.825 bits per heavy atom. The van der Waals surface area contributed by atoms with Gasteiger partial charge < -0.3 is 13.4 Å². The molecule has 4 aromatic heterocycles. The van der Waals surface area contributed by atoms with Crippen LogP contribution in [-0.2, 0) is 19.9 Å². The van der Waals surface area contributed by atoms with E-state index in [0.717, 1.165) is 46.8 Å². The molecule has 0 N–H and O–H groups in total. The maximum Gasteiger partial charge on any atom is 0.301 e. The molecule has 1 aliphatic rings. The van der Waals surface area contributed by atoms with Crippen molar-refractivity contribution in [1.29, 1.82) is 0 Å². The Labute approximate surface area is 231 Å². The van der Waals surface area contributed by atoms with E-state index < -0.39 is 0 Å². The normalized spacial score (nSPS) is 12.7. The van der Waals surface area contributed by atoms with Crippen LogP contribution in [0.4, 0.5) is 17.4 Å². The molecule has 0 amide bonds. The van der Waals surface area contributed by atoms with Crippen LogP contribution in [0.2, 0.25) is 0 Å². The van der Waals surface area contributed by atoms with Crippen molar-refractivity contribution >= 4 is 39.5 Å². The number of hydrogen-bond donors (Lipinski definition) is 0. The number of rotatable bonds is 4. The fourth-order valence-corrected chi connectivity index (χ4v) is 6.33. The maximum absolute atomic E-state index is 6.41. The molecule has 0 aliphatic heterocycles. The number of fused-ring (bicyclic) bond motifs is 6. The van der Waals surface area contributed by atoms with Crippen molar-refractivity contribution in [2.75, 3.05) is 4.90 Å². The summed E-state index contributed by atoms with van der Waals surface area (Å²) in [5.74, 6) is 2.17. The van der Waals surface area contributed by atoms with Crippen molar-refractivity contribution in [3.05, 3.63) is 114 Å². The highest BCUT2D eigenvalue weighted by molar-refractivity contribution is 6.02. The van der Waals surface area contributed by atoms with Crippen LogP contribution in [0.3, 0.4) is 0 Å². The van der Waals surface area contributed by atoms with Crippen LogP contribution >= 0.6 is 0 Å². The summed E-state index contributed by atoms with van der Waals surface area (Å²) in [4.78, 5) is 2.17. The average Bonchev–Trinajstić information content (AvgIpc) is 3.72. The molecule has 0 saturated carbocycles. The minimum Gasteiger partial charge on any atom is -0.431 e. The molecular formula is C34H28N4O2. The summed E-state index contributed by atoms with van der Waals surface area (Å²) in [5, 5.41) is 6.81. The Bertz CT molecular complexity index is 2050. The van der Waals surface area contributed by atoms with Gasteiger partial charge in [0.15, 0.2) is 0 Å². The molecule has 6 nitrogen and oxygen atoms in total. The first kappa shape index (κ1) is 23.0. The highest BCUT2D eigenvalue weighted by atomic mass is 16.5. The van der Waals surface area contributed by atoms with E-state index in [2.05, 4.69) is 100 Å². The fourth-order valence-electron chi connectivity index (χ4n) is 6.33. The molecule has 0 bridgehead atoms. The van der Waals surface area contributed by atoms with Crippen LogP contribution in [0, 0.1) is 13.8 Å². The van der Waals surface area contributed by atoms with Crippen LogP contribution in [0.25, 0.3) is 38.9 Å². The molecule has 0 fully saturated rings. The van der Waals surface area contributed by atoms with Gasteiger partial charge in [-0.05, 0) is 79.3 Å². The maximum atomic E-state index is 6.41. The van der Waals surface area contributed by atoms with Crippen molar-refractivity contribution in [3.8, 4) is 16.8 Å². The number of aromatic nitrogens is 3. The zero-order chi connectivity index (χ0) is 27.0. The first-order valence-electron chi connectivity index (χ1n) is 13.7. The van der Waals surface area contributed by atoms with E-state index in [0.29, 0.717) is 11.7 Å². The number of furan rings is 2. The second kappa shape index (κ2) is 8.52. The predicted octanol–water partition coefficient (Wildman–Crippen LogP) is 8.56. The number of hydrogen-bond acceptors (Lipinski definition) is 4. The van der Waals surface area contributed by atoms with Crippen LogP contribution in [-0.4, -0.2) is 14.3 Å². The molecule has 0 atom stereocenters. The fraction of sp³-hybridized carbons (Fsp3) is 0.147. The molecule has 0 saturated heterocycles. The summed E-state index contributed by atoms with van der Waals surface area (Å²) in [6.07, 6.45) is 3.84. The third kappa shape index (κ3) is 3.32. The largest absolute Gasteiger partial charge is 0.431 e. The van der Waals surface area contributed by atoms with Crippen molar-refractivity contribution in [2.24, 2.45) is 7.05 Å². The second-order valence-corrected chi connectivity index (χ2v) is 10.7. The molecule has 0 radical (unpaired) electrons. The summed E-state index contributed by atoms with van der Waals surface area (Å²) in [6.45, 7) is 4.04. The number of benzene rings is 3. The van der Waals surface area contributed by atoms with Crippen molar-refractivity contribution < 1.29 is 8.83 Å². The summed E-state index contributed by atoms with van der Waals surface area (Å²) >= 11 is 0. The van der Waals surface area contributed by atoms with Gasteiger partial charge in [0.1, 0.15) is 17.8 Å². The number of aryl methyl sites for hydroxylation is 5. The topological polar surface area (TPSA) is 52.3 Å². The van der Waals surface area contributed by atoms with E-state index >= 15 is 0 Å². The lowest BCUT2D eigenvalue weighted by molar-refractivity contribution is 0.481. The quantitative estimate of drug-likeness (QED) is 0.231. The molecule has 6 heteroatoms. The predicted molar refractivity (Wildman–Crippen MR) is 159 cm³/mol. The summed E-state index contributed by atoms with van der Waals surface area (Å²) in [7, 11) is 2.13. The zero-order valence-electron chi connectivity index (χ0n) is 22.7. The van der Waals surface area contributed by atoms with Crippen LogP contribution in [0.1, 0.15) is 22.5 Å². The lowest BCUT2D eigenvalue weighted by Gasteiger charge is -2.22. The minimum atomic E-state index is 0.476. The van der Waals surface area contributed by atoms with E-state index in [9.17, 15) is 0 Å². The number of nitrogens with zero attached hydrogens (tertiary/aromatic N) is 4. The molecule has 0 spiro atoms. The number of anilines is 3. The van der Waals surface area contributed by atoms with Gasteiger partial charge in [-0.25, -0.2) is 4.68 Å². The average molecular weight is 525 g/mol. The zero-order valence-corrected chi connectivity index (χ0v) is 22.7. The Morgan fingerprint density at radius 2 is 1.62 bits per heavy atom. The Morgan fingerprint density at radius 3 is 2.45 bits per heavy atom. The molecule has 40 heavy (non-hydrogen) atoms. The summed E-state index contributed by atoms with van der Waals surface area (Å²) < 4.78 is 16.5. The first-order chi connectivity index (χ1) is 19.6. The third-order valence-electron chi connectivity index (χ3n) is 8.18. The van der Waals surface area contributed by atoms with E-state index in [-0.39, 0.29) is 0 Å². The van der Waals surface area contributed by atoms with Gasteiger partial charge in [0.05, 0.1) is 22.3 Å². The van der Waals surface area contributed by atoms with E-state index in [1.54, 1.807) is 6.26 Å². The van der Waals surface area contributed by atoms with Gasteiger partial charge in [-0.15, -0.1) is 0 Å². The van der Waals surface area contributed by atoms with Gasteiger partial charge in [0, 0.05) is 24.2 Å². The lowest BCUT2D eigenvalue weighted by Crippen LogP contribution is -2.12. The van der Waals surface area contributed by atoms with Gasteiger partial charge in [-0.2, -0.15) is 5.10 Å². The van der Waals surface area contributed by atoms with Crippen LogP contribution < -0.4 is 4.90 Å². The van der Waals surface area contributed by atoms with E-state index in [1.807, 2.05) is 24.6 Å². The van der Waals surface area contributed by atoms with Crippen LogP contribution in [0.15, 0.2) is 100 Å². The first-order valence-corrected chi connectivity index (χ1v) is 13.7. The Hall–Kier alpha value is -4.97. The smallest absolute Gasteiger partial charge is 0.301 e. The van der Waals surface area contributed by atoms with Gasteiger partial charge in [-0.1, -0.05) is 48.5 Å². The third-order valence-corrected chi connectivity index (χ3v) is 8.18. The summed E-state index contributed by atoms with van der Waals surface area (Å²) in [5.41, 5.74) is 10.6. The molecule has 4 heterocycles. The molecule has 0 unspecified atom stereocenters. The number of para-hydroxylation sites is 1. The highest BCUT2D eigenvalue weighted by Crippen LogP contribution is 2.45. The highest BCUT2D eigenvalue weighted by Gasteiger charge is 2.26. The monoisotopic (exact) mass is 524 g/mol. The lowest BCUT2D eigenvalue weighted by atomic mass is 9.84. The van der Waals surface area contributed by atoms with Crippen molar-refractivity contribution in [1.82, 2.24) is 14.3 Å². The molecular weight excluding hydrogens is 496 g/mol. The van der Waals surface area contributed by atoms with Gasteiger partial charge in [0.2, 0.25) is 5.88 Å².